The number of likely N-dealkylation sites (N-methyl/N-ethyl adjacent to an activating group) is 1. The average Bonchev–Trinajstić information content (AvgIpc) is 3.07. The maximum atomic E-state index is 11.2. The van der Waals surface area contributed by atoms with Gasteiger partial charge < -0.3 is 24.4 Å². The van der Waals surface area contributed by atoms with E-state index in [2.05, 4.69) is 16.8 Å². The Labute approximate surface area is 143 Å². The van der Waals surface area contributed by atoms with E-state index in [-0.39, 0.29) is 0 Å². The minimum atomic E-state index is -0.872. The maximum absolute atomic E-state index is 11.2. The van der Waals surface area contributed by atoms with Gasteiger partial charge in [-0.25, -0.2) is 4.98 Å². The number of anilines is 1. The first-order valence-corrected chi connectivity index (χ1v) is 9.00. The lowest BCUT2D eigenvalue weighted by Gasteiger charge is -2.40. The van der Waals surface area contributed by atoms with Crippen molar-refractivity contribution in [1.29, 1.82) is 0 Å². The maximum Gasteiger partial charge on any atom is 0.168 e. The molecule has 1 saturated carbocycles. The van der Waals surface area contributed by atoms with Crippen molar-refractivity contribution < 1.29 is 14.6 Å². The smallest absolute Gasteiger partial charge is 0.168 e. The van der Waals surface area contributed by atoms with Crippen molar-refractivity contribution in [2.45, 2.75) is 37.1 Å². The van der Waals surface area contributed by atoms with Gasteiger partial charge in [0.15, 0.2) is 5.79 Å². The molecule has 1 aromatic heterocycles. The lowest BCUT2D eigenvalue weighted by atomic mass is 9.79. The van der Waals surface area contributed by atoms with Crippen LogP contribution >= 0.6 is 0 Å². The molecule has 3 fully saturated rings. The summed E-state index contributed by atoms with van der Waals surface area (Å²) in [5.74, 6) is 0.518. The van der Waals surface area contributed by atoms with Crippen molar-refractivity contribution in [2.75, 3.05) is 51.3 Å². The molecule has 132 valence electrons. The van der Waals surface area contributed by atoms with Crippen molar-refractivity contribution in [2.24, 2.45) is 0 Å². The molecule has 6 nitrogen and oxygen atoms in total. The van der Waals surface area contributed by atoms with Crippen LogP contribution < -0.4 is 4.90 Å². The van der Waals surface area contributed by atoms with Crippen LogP contribution in [0.1, 0.15) is 31.4 Å². The first-order chi connectivity index (χ1) is 11.6. The van der Waals surface area contributed by atoms with Gasteiger partial charge >= 0.3 is 0 Å². The van der Waals surface area contributed by atoms with Crippen molar-refractivity contribution in [3.63, 3.8) is 0 Å². The highest BCUT2D eigenvalue weighted by atomic mass is 16.7. The van der Waals surface area contributed by atoms with Gasteiger partial charge in [-0.15, -0.1) is 0 Å². The molecule has 0 bridgehead atoms. The second-order valence-electron chi connectivity index (χ2n) is 7.31. The molecule has 0 aromatic carbocycles. The van der Waals surface area contributed by atoms with Gasteiger partial charge in [0, 0.05) is 39.0 Å². The Balaban J connectivity index is 1.49. The van der Waals surface area contributed by atoms with E-state index >= 15 is 0 Å². The largest absolute Gasteiger partial charge is 0.384 e. The first-order valence-electron chi connectivity index (χ1n) is 9.00. The minimum absolute atomic E-state index is 0.457. The number of aliphatic hydroxyl groups is 1. The molecule has 1 spiro atoms. The lowest BCUT2D eigenvalue weighted by Crippen LogP contribution is -2.45. The van der Waals surface area contributed by atoms with E-state index in [4.69, 9.17) is 14.5 Å². The molecule has 1 aliphatic carbocycles. The van der Waals surface area contributed by atoms with Crippen molar-refractivity contribution in [1.82, 2.24) is 9.88 Å². The van der Waals surface area contributed by atoms with Crippen LogP contribution in [0.4, 0.5) is 5.82 Å². The highest BCUT2D eigenvalue weighted by molar-refractivity contribution is 5.41. The molecule has 0 radical (unpaired) electrons. The molecule has 1 aromatic rings. The third-order valence-corrected chi connectivity index (χ3v) is 5.69. The van der Waals surface area contributed by atoms with Crippen LogP contribution in [-0.4, -0.2) is 67.2 Å². The predicted octanol–water partition coefficient (Wildman–Crippen LogP) is 1.34. The third kappa shape index (κ3) is 3.04. The Morgan fingerprint density at radius 3 is 2.33 bits per heavy atom. The van der Waals surface area contributed by atoms with Gasteiger partial charge in [0.05, 0.1) is 18.9 Å². The number of pyridine rings is 1. The number of hydrogen-bond donors (Lipinski definition) is 1. The van der Waals surface area contributed by atoms with Gasteiger partial charge in [0.1, 0.15) is 11.4 Å². The van der Waals surface area contributed by atoms with Crippen LogP contribution in [0.5, 0.6) is 0 Å². The summed E-state index contributed by atoms with van der Waals surface area (Å²) in [4.78, 5) is 9.44. The van der Waals surface area contributed by atoms with Gasteiger partial charge in [0.25, 0.3) is 0 Å². The van der Waals surface area contributed by atoms with E-state index in [1.54, 1.807) is 0 Å². The molecule has 6 heteroatoms. The van der Waals surface area contributed by atoms with E-state index in [0.717, 1.165) is 50.5 Å². The Morgan fingerprint density at radius 2 is 1.67 bits per heavy atom. The lowest BCUT2D eigenvalue weighted by molar-refractivity contribution is -0.204. The molecule has 0 unspecified atom stereocenters. The SMILES string of the molecule is CN1CCN(c2cccc(C3(O)CCC4(CC3)OCCO4)n2)CC1. The summed E-state index contributed by atoms with van der Waals surface area (Å²) in [6.07, 6.45) is 2.71. The van der Waals surface area contributed by atoms with Crippen LogP contribution in [0.25, 0.3) is 0 Å². The summed E-state index contributed by atoms with van der Waals surface area (Å²) in [6, 6.07) is 6.01. The average molecular weight is 333 g/mol. The second-order valence-corrected chi connectivity index (χ2v) is 7.31. The monoisotopic (exact) mass is 333 g/mol. The third-order valence-electron chi connectivity index (χ3n) is 5.69. The molecular weight excluding hydrogens is 306 g/mol. The van der Waals surface area contributed by atoms with Gasteiger partial charge in [-0.1, -0.05) is 6.07 Å². The van der Waals surface area contributed by atoms with E-state index in [9.17, 15) is 5.11 Å². The number of rotatable bonds is 2. The molecule has 3 aliphatic rings. The summed E-state index contributed by atoms with van der Waals surface area (Å²) in [6.45, 7) is 5.39. The second kappa shape index (κ2) is 6.26. The summed E-state index contributed by atoms with van der Waals surface area (Å²) in [7, 11) is 2.15. The number of ether oxygens (including phenoxy) is 2. The van der Waals surface area contributed by atoms with E-state index in [1.165, 1.54) is 0 Å². The number of piperazine rings is 1. The van der Waals surface area contributed by atoms with Gasteiger partial charge in [0.2, 0.25) is 0 Å². The fraction of sp³-hybridized carbons (Fsp3) is 0.722. The fourth-order valence-corrected chi connectivity index (χ4v) is 3.98. The minimum Gasteiger partial charge on any atom is -0.384 e. The van der Waals surface area contributed by atoms with Gasteiger partial charge in [-0.05, 0) is 32.0 Å². The molecule has 0 atom stereocenters. The van der Waals surface area contributed by atoms with E-state index in [1.807, 2.05) is 18.2 Å². The first kappa shape index (κ1) is 16.3. The Hall–Kier alpha value is -1.21. The molecule has 3 heterocycles. The summed E-state index contributed by atoms with van der Waals surface area (Å²) in [5, 5.41) is 11.2. The predicted molar refractivity (Wildman–Crippen MR) is 90.9 cm³/mol. The Kier molecular flexibility index (Phi) is 4.24. The van der Waals surface area contributed by atoms with Gasteiger partial charge in [-0.2, -0.15) is 0 Å². The topological polar surface area (TPSA) is 58.1 Å². The highest BCUT2D eigenvalue weighted by Crippen LogP contribution is 2.44. The van der Waals surface area contributed by atoms with Crippen molar-refractivity contribution in [3.05, 3.63) is 23.9 Å². The molecule has 0 amide bonds. The number of aromatic nitrogens is 1. The summed E-state index contributed by atoms with van der Waals surface area (Å²) < 4.78 is 11.5. The normalized spacial score (nSPS) is 26.8. The zero-order valence-corrected chi connectivity index (χ0v) is 14.4. The van der Waals surface area contributed by atoms with Crippen LogP contribution in [-0.2, 0) is 15.1 Å². The standard InChI is InChI=1S/C18H27N3O3/c1-20-9-11-21(12-10-20)16-4-2-3-15(19-16)17(22)5-7-18(8-6-17)23-13-14-24-18/h2-4,22H,5-14H2,1H3. The molecule has 2 saturated heterocycles. The van der Waals surface area contributed by atoms with E-state index < -0.39 is 11.4 Å². The molecule has 4 rings (SSSR count). The van der Waals surface area contributed by atoms with Crippen molar-refractivity contribution >= 4 is 5.82 Å². The molecule has 24 heavy (non-hydrogen) atoms. The van der Waals surface area contributed by atoms with E-state index in [0.29, 0.717) is 26.1 Å². The fourth-order valence-electron chi connectivity index (χ4n) is 3.98. The Bertz CT molecular complexity index is 571. The molecule has 1 N–H and O–H groups in total. The van der Waals surface area contributed by atoms with Crippen LogP contribution in [0.15, 0.2) is 18.2 Å². The quantitative estimate of drug-likeness (QED) is 0.881. The van der Waals surface area contributed by atoms with Crippen LogP contribution in [0.2, 0.25) is 0 Å². The zero-order chi connectivity index (χ0) is 16.6. The summed E-state index contributed by atoms with van der Waals surface area (Å²) >= 11 is 0. The van der Waals surface area contributed by atoms with Gasteiger partial charge in [-0.3, -0.25) is 0 Å². The highest BCUT2D eigenvalue weighted by Gasteiger charge is 2.46. The molecular formula is C18H27N3O3. The van der Waals surface area contributed by atoms with Crippen LogP contribution in [0.3, 0.4) is 0 Å². The molecule has 2 aliphatic heterocycles. The number of hydrogen-bond acceptors (Lipinski definition) is 6. The van der Waals surface area contributed by atoms with Crippen molar-refractivity contribution in [3.8, 4) is 0 Å². The number of nitrogens with zero attached hydrogens (tertiary/aromatic N) is 3. The zero-order valence-electron chi connectivity index (χ0n) is 14.4. The summed E-state index contributed by atoms with van der Waals surface area (Å²) in [5.41, 5.74) is -0.0878. The van der Waals surface area contributed by atoms with Crippen LogP contribution in [0, 0.1) is 0 Å². The Morgan fingerprint density at radius 1 is 1.00 bits per heavy atom.